The van der Waals surface area contributed by atoms with Gasteiger partial charge in [0.2, 0.25) is 0 Å². The van der Waals surface area contributed by atoms with Crippen LogP contribution in [0.4, 0.5) is 0 Å². The molecule has 0 saturated heterocycles. The van der Waals surface area contributed by atoms with Crippen LogP contribution in [-0.2, 0) is 6.42 Å². The molecule has 1 aliphatic rings. The van der Waals surface area contributed by atoms with Crippen LogP contribution in [0.3, 0.4) is 0 Å². The molecule has 0 radical (unpaired) electrons. The normalized spacial score (nSPS) is 16.4. The van der Waals surface area contributed by atoms with Gasteiger partial charge in [0.15, 0.2) is 0 Å². The first-order valence-corrected chi connectivity index (χ1v) is 5.30. The van der Waals surface area contributed by atoms with E-state index in [2.05, 4.69) is 21.7 Å². The predicted molar refractivity (Wildman–Crippen MR) is 51.5 cm³/mol. The van der Waals surface area contributed by atoms with E-state index in [1.54, 1.807) is 0 Å². The molecule has 1 heterocycles. The summed E-state index contributed by atoms with van der Waals surface area (Å²) in [7, 11) is 0. The monoisotopic (exact) mass is 179 g/mol. The Balaban J connectivity index is 1.90. The van der Waals surface area contributed by atoms with Crippen molar-refractivity contribution in [2.45, 2.75) is 51.5 Å². The van der Waals surface area contributed by atoms with Crippen molar-refractivity contribution >= 4 is 0 Å². The van der Waals surface area contributed by atoms with Crippen molar-refractivity contribution in [2.24, 2.45) is 0 Å². The number of rotatable bonds is 5. The zero-order chi connectivity index (χ0) is 9.10. The number of hydrogen-bond donors (Lipinski definition) is 0. The van der Waals surface area contributed by atoms with Gasteiger partial charge in [0.25, 0.3) is 0 Å². The summed E-state index contributed by atoms with van der Waals surface area (Å²) in [6.45, 7) is 2.23. The van der Waals surface area contributed by atoms with E-state index in [0.29, 0.717) is 0 Å². The van der Waals surface area contributed by atoms with Crippen LogP contribution in [0.1, 0.15) is 50.9 Å². The van der Waals surface area contributed by atoms with Crippen molar-refractivity contribution in [3.8, 4) is 0 Å². The molecule has 0 amide bonds. The van der Waals surface area contributed by atoms with Crippen LogP contribution >= 0.6 is 0 Å². The molecule has 1 aliphatic carbocycles. The highest BCUT2D eigenvalue weighted by molar-refractivity contribution is 4.94. The largest absolute Gasteiger partial charge is 0.314 e. The average molecular weight is 179 g/mol. The van der Waals surface area contributed by atoms with Gasteiger partial charge in [-0.05, 0) is 19.3 Å². The molecule has 0 aliphatic heterocycles. The second-order valence-electron chi connectivity index (χ2n) is 3.84. The number of aryl methyl sites for hydroxylation is 1. The first-order chi connectivity index (χ1) is 6.42. The highest BCUT2D eigenvalue weighted by atomic mass is 15.3. The topological polar surface area (TPSA) is 30.7 Å². The lowest BCUT2D eigenvalue weighted by Gasteiger charge is -2.03. The summed E-state index contributed by atoms with van der Waals surface area (Å²) >= 11 is 0. The summed E-state index contributed by atoms with van der Waals surface area (Å²) in [5.41, 5.74) is 0. The number of unbranched alkanes of at least 4 members (excludes halogenated alkanes) is 2. The number of aromatic nitrogens is 3. The molecule has 0 N–H and O–H groups in total. The van der Waals surface area contributed by atoms with Gasteiger partial charge in [-0.1, -0.05) is 19.8 Å². The Morgan fingerprint density at radius 3 is 3.00 bits per heavy atom. The lowest BCUT2D eigenvalue weighted by molar-refractivity contribution is 0.632. The summed E-state index contributed by atoms with van der Waals surface area (Å²) in [5.74, 6) is 1.19. The van der Waals surface area contributed by atoms with Crippen LogP contribution in [0, 0.1) is 0 Å². The molecule has 13 heavy (non-hydrogen) atoms. The molecule has 0 spiro atoms. The van der Waals surface area contributed by atoms with Crippen LogP contribution < -0.4 is 0 Å². The Hall–Kier alpha value is -0.860. The van der Waals surface area contributed by atoms with Gasteiger partial charge in [-0.15, -0.1) is 10.2 Å². The van der Waals surface area contributed by atoms with Crippen LogP contribution in [-0.4, -0.2) is 14.8 Å². The van der Waals surface area contributed by atoms with Crippen molar-refractivity contribution in [3.63, 3.8) is 0 Å². The highest BCUT2D eigenvalue weighted by Gasteiger charge is 2.25. The van der Waals surface area contributed by atoms with E-state index in [1.807, 2.05) is 6.33 Å². The van der Waals surface area contributed by atoms with Gasteiger partial charge in [0.1, 0.15) is 12.2 Å². The summed E-state index contributed by atoms with van der Waals surface area (Å²) in [5, 5.41) is 8.14. The lowest BCUT2D eigenvalue weighted by Crippen LogP contribution is -2.00. The average Bonchev–Trinajstić information content (AvgIpc) is 2.88. The van der Waals surface area contributed by atoms with Crippen molar-refractivity contribution in [1.29, 1.82) is 0 Å². The van der Waals surface area contributed by atoms with E-state index in [4.69, 9.17) is 0 Å². The molecule has 72 valence electrons. The smallest absolute Gasteiger partial charge is 0.133 e. The van der Waals surface area contributed by atoms with Crippen LogP contribution in [0.2, 0.25) is 0 Å². The predicted octanol–water partition coefficient (Wildman–Crippen LogP) is 2.35. The maximum absolute atomic E-state index is 4.16. The van der Waals surface area contributed by atoms with Gasteiger partial charge < -0.3 is 4.57 Å². The van der Waals surface area contributed by atoms with Gasteiger partial charge in [-0.2, -0.15) is 0 Å². The molecule has 2 rings (SSSR count). The Morgan fingerprint density at radius 2 is 2.31 bits per heavy atom. The second-order valence-corrected chi connectivity index (χ2v) is 3.84. The van der Waals surface area contributed by atoms with Crippen LogP contribution in [0.25, 0.3) is 0 Å². The quantitative estimate of drug-likeness (QED) is 0.649. The van der Waals surface area contributed by atoms with E-state index >= 15 is 0 Å². The van der Waals surface area contributed by atoms with Crippen molar-refractivity contribution in [3.05, 3.63) is 12.2 Å². The standard InChI is InChI=1S/C10H17N3/c1-2-3-4-5-10-12-11-8-13(10)9-6-7-9/h8-9H,2-7H2,1H3. The fourth-order valence-corrected chi connectivity index (χ4v) is 1.64. The van der Waals surface area contributed by atoms with Gasteiger partial charge in [0, 0.05) is 12.5 Å². The molecule has 1 fully saturated rings. The summed E-state index contributed by atoms with van der Waals surface area (Å²) in [6.07, 6.45) is 9.46. The van der Waals surface area contributed by atoms with Crippen LogP contribution in [0.15, 0.2) is 6.33 Å². The molecule has 0 unspecified atom stereocenters. The minimum atomic E-state index is 0.728. The zero-order valence-corrected chi connectivity index (χ0v) is 8.24. The Kier molecular flexibility index (Phi) is 2.62. The van der Waals surface area contributed by atoms with Crippen molar-refractivity contribution in [2.75, 3.05) is 0 Å². The van der Waals surface area contributed by atoms with E-state index in [9.17, 15) is 0 Å². The maximum atomic E-state index is 4.16. The Labute approximate surface area is 79.2 Å². The minimum absolute atomic E-state index is 0.728. The number of nitrogens with zero attached hydrogens (tertiary/aromatic N) is 3. The van der Waals surface area contributed by atoms with Gasteiger partial charge in [-0.25, -0.2) is 0 Å². The van der Waals surface area contributed by atoms with Crippen molar-refractivity contribution in [1.82, 2.24) is 14.8 Å². The van der Waals surface area contributed by atoms with Crippen LogP contribution in [0.5, 0.6) is 0 Å². The third-order valence-corrected chi connectivity index (χ3v) is 2.59. The fourth-order valence-electron chi connectivity index (χ4n) is 1.64. The SMILES string of the molecule is CCCCCc1nncn1C1CC1. The van der Waals surface area contributed by atoms with Gasteiger partial charge in [0.05, 0.1) is 0 Å². The molecule has 0 bridgehead atoms. The molecular formula is C10H17N3. The molecule has 3 heteroatoms. The fraction of sp³-hybridized carbons (Fsp3) is 0.800. The molecule has 0 aromatic carbocycles. The van der Waals surface area contributed by atoms with E-state index in [-0.39, 0.29) is 0 Å². The highest BCUT2D eigenvalue weighted by Crippen LogP contribution is 2.35. The maximum Gasteiger partial charge on any atom is 0.133 e. The van der Waals surface area contributed by atoms with Gasteiger partial charge >= 0.3 is 0 Å². The second kappa shape index (κ2) is 3.90. The third kappa shape index (κ3) is 2.08. The molecule has 1 aromatic heterocycles. The first-order valence-electron chi connectivity index (χ1n) is 5.30. The van der Waals surface area contributed by atoms with Gasteiger partial charge in [-0.3, -0.25) is 0 Å². The summed E-state index contributed by atoms with van der Waals surface area (Å²) in [6, 6.07) is 0.728. The molecule has 3 nitrogen and oxygen atoms in total. The molecular weight excluding hydrogens is 162 g/mol. The Morgan fingerprint density at radius 1 is 1.46 bits per heavy atom. The molecule has 0 atom stereocenters. The third-order valence-electron chi connectivity index (χ3n) is 2.59. The number of hydrogen-bond acceptors (Lipinski definition) is 2. The van der Waals surface area contributed by atoms with E-state index in [0.717, 1.165) is 12.5 Å². The van der Waals surface area contributed by atoms with E-state index in [1.165, 1.54) is 37.9 Å². The molecule has 1 aromatic rings. The zero-order valence-electron chi connectivity index (χ0n) is 8.24. The summed E-state index contributed by atoms with van der Waals surface area (Å²) < 4.78 is 2.26. The lowest BCUT2D eigenvalue weighted by atomic mass is 10.2. The molecule has 1 saturated carbocycles. The Bertz CT molecular complexity index is 263. The van der Waals surface area contributed by atoms with E-state index < -0.39 is 0 Å². The minimum Gasteiger partial charge on any atom is -0.314 e. The first kappa shape index (κ1) is 8.73. The van der Waals surface area contributed by atoms with Crippen molar-refractivity contribution < 1.29 is 0 Å². The summed E-state index contributed by atoms with van der Waals surface area (Å²) in [4.78, 5) is 0.